The van der Waals surface area contributed by atoms with E-state index in [4.69, 9.17) is 18.5 Å². The van der Waals surface area contributed by atoms with E-state index in [1.54, 1.807) is 0 Å². The number of rotatable bonds is 37. The molecule has 0 aliphatic heterocycles. The molecular formula is C45H81O13P. The van der Waals surface area contributed by atoms with Crippen LogP contribution in [0.25, 0.3) is 0 Å². The maximum atomic E-state index is 12.8. The monoisotopic (exact) mass is 861 g/mol. The molecule has 6 unspecified atom stereocenters. The third kappa shape index (κ3) is 28.3. The standard InChI is InChI=1S/C45H81O13P/c1-3-5-7-9-11-13-15-17-19-21-23-25-27-29-31-33-38(46)55-35-37(36-56-59(53,54)58-45-43(51)41(49)40(48)42(50)44(45)52)57-39(47)34-32-30-28-26-24-22-20-18-16-14-12-10-8-6-4-2/h12-15,18,20,37,40-45,48-52H,3-11,16-17,19,21-36H2,1-2H3,(H,53,54). The molecule has 0 saturated heterocycles. The van der Waals surface area contributed by atoms with Crippen LogP contribution in [-0.2, 0) is 32.7 Å². The Balaban J connectivity index is 2.48. The average molecular weight is 861 g/mol. The Hall–Kier alpha value is -1.93. The number of carbonyl (C=O) groups excluding carboxylic acids is 2. The second-order valence-corrected chi connectivity index (χ2v) is 17.3. The second kappa shape index (κ2) is 35.6. The lowest BCUT2D eigenvalue weighted by atomic mass is 9.85. The van der Waals surface area contributed by atoms with Crippen LogP contribution >= 0.6 is 7.82 Å². The first-order chi connectivity index (χ1) is 28.4. The van der Waals surface area contributed by atoms with Crippen molar-refractivity contribution in [3.05, 3.63) is 36.5 Å². The molecule has 0 spiro atoms. The smallest absolute Gasteiger partial charge is 0.462 e. The van der Waals surface area contributed by atoms with Crippen LogP contribution in [-0.4, -0.2) is 98.3 Å². The van der Waals surface area contributed by atoms with Gasteiger partial charge in [0.2, 0.25) is 0 Å². The number of aliphatic hydroxyl groups is 5. The quantitative estimate of drug-likeness (QED) is 0.0150. The lowest BCUT2D eigenvalue weighted by molar-refractivity contribution is -0.220. The number of aliphatic hydroxyl groups excluding tert-OH is 5. The van der Waals surface area contributed by atoms with Crippen molar-refractivity contribution in [3.63, 3.8) is 0 Å². The highest BCUT2D eigenvalue weighted by molar-refractivity contribution is 7.47. The van der Waals surface area contributed by atoms with E-state index in [9.17, 15) is 44.6 Å². The summed E-state index contributed by atoms with van der Waals surface area (Å²) in [6.45, 7) is 3.24. The van der Waals surface area contributed by atoms with Gasteiger partial charge in [-0.2, -0.15) is 0 Å². The molecular weight excluding hydrogens is 779 g/mol. The summed E-state index contributed by atoms with van der Waals surface area (Å²) in [5.74, 6) is -1.12. The highest BCUT2D eigenvalue weighted by Gasteiger charge is 2.51. The van der Waals surface area contributed by atoms with E-state index in [-0.39, 0.29) is 12.8 Å². The van der Waals surface area contributed by atoms with Crippen LogP contribution in [0.3, 0.4) is 0 Å². The molecule has 1 saturated carbocycles. The molecule has 6 N–H and O–H groups in total. The number of carbonyl (C=O) groups is 2. The maximum Gasteiger partial charge on any atom is 0.472 e. The Morgan fingerprint density at radius 2 is 0.915 bits per heavy atom. The van der Waals surface area contributed by atoms with Crippen molar-refractivity contribution >= 4 is 19.8 Å². The van der Waals surface area contributed by atoms with Gasteiger partial charge in [0.1, 0.15) is 43.2 Å². The van der Waals surface area contributed by atoms with Gasteiger partial charge in [0.05, 0.1) is 6.61 Å². The fourth-order valence-corrected chi connectivity index (χ4v) is 7.70. The number of allylic oxidation sites excluding steroid dienone is 6. The number of unbranched alkanes of at least 4 members (excludes halogenated alkanes) is 19. The molecule has 0 aromatic rings. The minimum Gasteiger partial charge on any atom is -0.462 e. The lowest BCUT2D eigenvalue weighted by Crippen LogP contribution is -2.64. The largest absolute Gasteiger partial charge is 0.472 e. The summed E-state index contributed by atoms with van der Waals surface area (Å²) in [4.78, 5) is 35.7. The van der Waals surface area contributed by atoms with Crippen molar-refractivity contribution in [1.82, 2.24) is 0 Å². The van der Waals surface area contributed by atoms with Gasteiger partial charge in [-0.15, -0.1) is 0 Å². The van der Waals surface area contributed by atoms with Crippen molar-refractivity contribution in [1.29, 1.82) is 0 Å². The van der Waals surface area contributed by atoms with E-state index in [0.29, 0.717) is 12.8 Å². The van der Waals surface area contributed by atoms with Crippen molar-refractivity contribution in [2.45, 2.75) is 224 Å². The molecule has 0 bridgehead atoms. The van der Waals surface area contributed by atoms with Gasteiger partial charge < -0.3 is 39.9 Å². The maximum absolute atomic E-state index is 12.8. The van der Waals surface area contributed by atoms with Gasteiger partial charge in [-0.3, -0.25) is 18.6 Å². The third-order valence-electron chi connectivity index (χ3n) is 10.5. The van der Waals surface area contributed by atoms with Gasteiger partial charge in [-0.1, -0.05) is 134 Å². The molecule has 0 radical (unpaired) electrons. The first kappa shape index (κ1) is 55.1. The molecule has 14 heteroatoms. The van der Waals surface area contributed by atoms with Crippen molar-refractivity contribution in [2.75, 3.05) is 13.2 Å². The van der Waals surface area contributed by atoms with E-state index in [0.717, 1.165) is 77.0 Å². The average Bonchev–Trinajstić information content (AvgIpc) is 3.21. The third-order valence-corrected chi connectivity index (χ3v) is 11.4. The molecule has 1 aliphatic rings. The molecule has 1 aliphatic carbocycles. The molecule has 0 amide bonds. The van der Waals surface area contributed by atoms with Crippen LogP contribution < -0.4 is 0 Å². The molecule has 0 aromatic carbocycles. The van der Waals surface area contributed by atoms with Gasteiger partial charge in [-0.25, -0.2) is 4.57 Å². The Kier molecular flexibility index (Phi) is 33.3. The van der Waals surface area contributed by atoms with E-state index < -0.39 is 75.7 Å². The molecule has 0 aromatic heterocycles. The van der Waals surface area contributed by atoms with Crippen molar-refractivity contribution < 1.29 is 63.1 Å². The first-order valence-corrected chi connectivity index (χ1v) is 24.3. The summed E-state index contributed by atoms with van der Waals surface area (Å²) in [5.41, 5.74) is 0. The van der Waals surface area contributed by atoms with Crippen molar-refractivity contribution in [3.8, 4) is 0 Å². The summed E-state index contributed by atoms with van der Waals surface area (Å²) in [7, 11) is -5.12. The first-order valence-electron chi connectivity index (χ1n) is 22.8. The number of phosphoric acid groups is 1. The molecule has 1 rings (SSSR count). The van der Waals surface area contributed by atoms with Gasteiger partial charge in [-0.05, 0) is 70.6 Å². The number of ether oxygens (including phenoxy) is 2. The van der Waals surface area contributed by atoms with Crippen molar-refractivity contribution in [2.24, 2.45) is 0 Å². The summed E-state index contributed by atoms with van der Waals surface area (Å²) in [5, 5.41) is 50.1. The molecule has 344 valence electrons. The molecule has 13 nitrogen and oxygen atoms in total. The van der Waals surface area contributed by atoms with E-state index in [1.807, 2.05) is 0 Å². The Morgan fingerprint density at radius 1 is 0.525 bits per heavy atom. The van der Waals surface area contributed by atoms with Gasteiger partial charge in [0.25, 0.3) is 0 Å². The van der Waals surface area contributed by atoms with Crippen LogP contribution in [0.4, 0.5) is 0 Å². The van der Waals surface area contributed by atoms with E-state index in [2.05, 4.69) is 50.3 Å². The minimum absolute atomic E-state index is 0.0800. The summed E-state index contributed by atoms with van der Waals surface area (Å²) in [6.07, 6.45) is 26.2. The van der Waals surface area contributed by atoms with Gasteiger partial charge in [0, 0.05) is 12.8 Å². The fraction of sp³-hybridized carbons (Fsp3) is 0.822. The Labute approximate surface area is 355 Å². The lowest BCUT2D eigenvalue weighted by Gasteiger charge is -2.41. The van der Waals surface area contributed by atoms with Gasteiger partial charge in [0.15, 0.2) is 6.10 Å². The number of hydrogen-bond acceptors (Lipinski definition) is 12. The highest BCUT2D eigenvalue weighted by atomic mass is 31.2. The number of phosphoric ester groups is 1. The second-order valence-electron chi connectivity index (χ2n) is 15.9. The predicted molar refractivity (Wildman–Crippen MR) is 230 cm³/mol. The summed E-state index contributed by atoms with van der Waals surface area (Å²) >= 11 is 0. The predicted octanol–water partition coefficient (Wildman–Crippen LogP) is 8.61. The molecule has 1 fully saturated rings. The molecule has 6 atom stereocenters. The van der Waals surface area contributed by atoms with Crippen LogP contribution in [0, 0.1) is 0 Å². The number of esters is 2. The van der Waals surface area contributed by atoms with Crippen LogP contribution in [0.1, 0.15) is 181 Å². The van der Waals surface area contributed by atoms with E-state index >= 15 is 0 Å². The van der Waals surface area contributed by atoms with Crippen LogP contribution in [0.5, 0.6) is 0 Å². The molecule has 59 heavy (non-hydrogen) atoms. The zero-order valence-corrected chi connectivity index (χ0v) is 37.2. The highest BCUT2D eigenvalue weighted by Crippen LogP contribution is 2.47. The zero-order chi connectivity index (χ0) is 43.6. The molecule has 0 heterocycles. The topological polar surface area (TPSA) is 210 Å². The fourth-order valence-electron chi connectivity index (χ4n) is 6.72. The summed E-state index contributed by atoms with van der Waals surface area (Å²) in [6, 6.07) is 0. The van der Waals surface area contributed by atoms with Gasteiger partial charge >= 0.3 is 19.8 Å². The zero-order valence-electron chi connectivity index (χ0n) is 36.3. The van der Waals surface area contributed by atoms with Crippen LogP contribution in [0.2, 0.25) is 0 Å². The Bertz CT molecular complexity index is 1180. The number of hydrogen-bond donors (Lipinski definition) is 6. The SMILES string of the molecule is CCCCCC=CCC=CCCCCCCCC(=O)OC(COC(=O)CCCCCCCCCC=CCCCCCC)COP(=O)(O)OC1C(O)C(O)C(O)C(O)C1O. The summed E-state index contributed by atoms with van der Waals surface area (Å²) < 4.78 is 33.5. The minimum atomic E-state index is -5.12. The van der Waals surface area contributed by atoms with Crippen LogP contribution in [0.15, 0.2) is 36.5 Å². The Morgan fingerprint density at radius 3 is 1.42 bits per heavy atom. The van der Waals surface area contributed by atoms with E-state index in [1.165, 1.54) is 64.2 Å². The normalized spacial score (nSPS) is 22.6.